The molecule has 7 rings (SSSR count). The molecule has 0 aliphatic carbocycles. The zero-order valence-corrected chi connectivity index (χ0v) is 39.4. The van der Waals surface area contributed by atoms with Crippen LogP contribution >= 0.6 is 11.8 Å². The van der Waals surface area contributed by atoms with E-state index in [1.807, 2.05) is 0 Å². The van der Waals surface area contributed by atoms with Gasteiger partial charge in [-0.1, -0.05) is 6.92 Å². The fourth-order valence-electron chi connectivity index (χ4n) is 9.02. The molecular weight excluding hydrogens is 969 g/mol. The summed E-state index contributed by atoms with van der Waals surface area (Å²) in [6, 6.07) is 13.0. The average molecular weight is 1020 g/mol. The van der Waals surface area contributed by atoms with Gasteiger partial charge in [0.15, 0.2) is 5.96 Å². The van der Waals surface area contributed by atoms with Crippen molar-refractivity contribution in [2.24, 2.45) is 28.3 Å². The third kappa shape index (κ3) is 11.2. The summed E-state index contributed by atoms with van der Waals surface area (Å²) in [6.07, 6.45) is -3.08. The van der Waals surface area contributed by atoms with Gasteiger partial charge in [0, 0.05) is 72.1 Å². The van der Waals surface area contributed by atoms with Crippen LogP contribution in [0.2, 0.25) is 0 Å². The highest BCUT2D eigenvalue weighted by Gasteiger charge is 2.61. The summed E-state index contributed by atoms with van der Waals surface area (Å²) in [5.74, 6) is -4.68. The highest BCUT2D eigenvalue weighted by Crippen LogP contribution is 2.52. The van der Waals surface area contributed by atoms with Crippen LogP contribution in [-0.4, -0.2) is 137 Å². The number of nitro groups is 3. The van der Waals surface area contributed by atoms with Crippen LogP contribution in [0, 0.1) is 42.2 Å². The van der Waals surface area contributed by atoms with Gasteiger partial charge in [0.05, 0.1) is 38.9 Å². The number of ether oxygens (including phenoxy) is 3. The first kappa shape index (κ1) is 51.6. The minimum absolute atomic E-state index is 0.00236. The second-order valence-electron chi connectivity index (χ2n) is 17.3. The SMILES string of the molecule is C[C@@H](O)[C@H]1C(=O)N2C(C(=O)OCc3ccc([N+](=O)[O-])cc3)=C(S[C@H]3C[C@@H](C(=O)N4CC[C@H](N(C(=O)CN=C(N)N)C(=O)OCc5ccc([N+](=O)[O-])cc5)C4)N(C(=O)OCc4ccc([N+](=O)[O-])cc4)C3)[C@H](C)[C@H]12. The van der Waals surface area contributed by atoms with Crippen LogP contribution < -0.4 is 11.5 Å². The first-order chi connectivity index (χ1) is 34.2. The number of aliphatic hydroxyl groups is 1. The van der Waals surface area contributed by atoms with Gasteiger partial charge >= 0.3 is 18.2 Å². The monoisotopic (exact) mass is 1020 g/mol. The van der Waals surface area contributed by atoms with E-state index < -0.39 is 104 Å². The Morgan fingerprint density at radius 1 is 0.819 bits per heavy atom. The van der Waals surface area contributed by atoms with E-state index >= 15 is 0 Å². The van der Waals surface area contributed by atoms with Crippen molar-refractivity contribution in [2.75, 3.05) is 26.2 Å². The van der Waals surface area contributed by atoms with Gasteiger partial charge in [0.25, 0.3) is 23.0 Å². The first-order valence-electron chi connectivity index (χ1n) is 22.3. The van der Waals surface area contributed by atoms with Crippen LogP contribution in [0.25, 0.3) is 0 Å². The van der Waals surface area contributed by atoms with Crippen molar-refractivity contribution in [1.29, 1.82) is 0 Å². The number of rotatable bonds is 17. The topological polar surface area (TPSA) is 357 Å². The molecule has 4 heterocycles. The van der Waals surface area contributed by atoms with Gasteiger partial charge in [0.2, 0.25) is 11.8 Å². The summed E-state index contributed by atoms with van der Waals surface area (Å²) < 4.78 is 16.7. The number of nitrogens with two attached hydrogens (primary N) is 2. The Morgan fingerprint density at radius 2 is 1.33 bits per heavy atom. The molecule has 0 saturated carbocycles. The van der Waals surface area contributed by atoms with E-state index in [0.29, 0.717) is 21.6 Å². The Hall–Kier alpha value is -8.20. The van der Waals surface area contributed by atoms with E-state index in [9.17, 15) is 64.2 Å². The summed E-state index contributed by atoms with van der Waals surface area (Å²) in [5.41, 5.74) is 11.5. The number of carbonyl (C=O) groups is 6. The van der Waals surface area contributed by atoms with Crippen LogP contribution in [0.1, 0.15) is 43.4 Å². The van der Waals surface area contributed by atoms with Crippen LogP contribution in [0.5, 0.6) is 0 Å². The number of esters is 1. The second kappa shape index (κ2) is 21.8. The summed E-state index contributed by atoms with van der Waals surface area (Å²) >= 11 is 1.14. The van der Waals surface area contributed by atoms with E-state index in [1.54, 1.807) is 6.92 Å². The number of nitro benzene ring substituents is 3. The molecule has 0 radical (unpaired) electrons. The molecule has 3 aromatic carbocycles. The Bertz CT molecular complexity index is 2720. The fraction of sp³-hybridized carbons (Fsp3) is 0.400. The van der Waals surface area contributed by atoms with E-state index in [2.05, 4.69) is 4.99 Å². The molecule has 3 aromatic rings. The average Bonchev–Trinajstić information content (AvgIpc) is 4.07. The number of thioether (sulfide) groups is 1. The number of β-lactam (4-membered cyclic amide) rings is 1. The lowest BCUT2D eigenvalue weighted by Crippen LogP contribution is -2.63. The predicted molar refractivity (Wildman–Crippen MR) is 250 cm³/mol. The number of carbonyl (C=O) groups excluding carboxylic acids is 6. The molecule has 380 valence electrons. The summed E-state index contributed by atoms with van der Waals surface area (Å²) in [4.78, 5) is 124. The second-order valence-corrected chi connectivity index (χ2v) is 18.6. The van der Waals surface area contributed by atoms with Crippen molar-refractivity contribution in [3.63, 3.8) is 0 Å². The zero-order chi connectivity index (χ0) is 52.1. The van der Waals surface area contributed by atoms with Gasteiger partial charge in [-0.25, -0.2) is 24.3 Å². The lowest BCUT2D eigenvalue weighted by molar-refractivity contribution is -0.385. The van der Waals surface area contributed by atoms with Crippen molar-refractivity contribution in [3.8, 4) is 0 Å². The number of hydrogen-bond acceptors (Lipinski definition) is 18. The van der Waals surface area contributed by atoms with Crippen LogP contribution in [-0.2, 0) is 53.2 Å². The number of aliphatic hydroxyl groups excluding tert-OH is 1. The molecule has 7 atom stereocenters. The molecule has 0 bridgehead atoms. The maximum atomic E-state index is 14.7. The number of nitrogens with zero attached hydrogens (tertiary/aromatic N) is 8. The minimum atomic E-state index is -1.22. The lowest BCUT2D eigenvalue weighted by Gasteiger charge is -2.46. The molecule has 4 aliphatic heterocycles. The number of amides is 5. The third-order valence-electron chi connectivity index (χ3n) is 12.6. The molecule has 3 fully saturated rings. The van der Waals surface area contributed by atoms with Crippen LogP contribution in [0.15, 0.2) is 88.4 Å². The van der Waals surface area contributed by atoms with Gasteiger partial charge in [-0.05, 0) is 72.9 Å². The molecule has 3 saturated heterocycles. The number of guanidine groups is 1. The number of fused-ring (bicyclic) bond motifs is 1. The Balaban J connectivity index is 1.13. The molecule has 5 amide bonds. The van der Waals surface area contributed by atoms with Crippen LogP contribution in [0.4, 0.5) is 26.7 Å². The van der Waals surface area contributed by atoms with Gasteiger partial charge in [-0.2, -0.15) is 0 Å². The van der Waals surface area contributed by atoms with Crippen molar-refractivity contribution < 1.29 is 62.9 Å². The maximum Gasteiger partial charge on any atom is 0.417 e. The summed E-state index contributed by atoms with van der Waals surface area (Å²) in [6.45, 7) is 1.21. The maximum absolute atomic E-state index is 14.7. The van der Waals surface area contributed by atoms with Crippen molar-refractivity contribution in [1.82, 2.24) is 19.6 Å². The van der Waals surface area contributed by atoms with Crippen LogP contribution in [0.3, 0.4) is 0 Å². The largest absolute Gasteiger partial charge is 0.456 e. The van der Waals surface area contributed by atoms with Crippen molar-refractivity contribution in [2.45, 2.75) is 76.0 Å². The van der Waals surface area contributed by atoms with Crippen molar-refractivity contribution in [3.05, 3.63) is 130 Å². The molecule has 0 unspecified atom stereocenters. The number of likely N-dealkylation sites (tertiary alicyclic amines) is 2. The Morgan fingerprint density at radius 3 is 1.83 bits per heavy atom. The van der Waals surface area contributed by atoms with E-state index in [1.165, 1.54) is 94.4 Å². The quantitative estimate of drug-likeness (QED) is 0.0332. The van der Waals surface area contributed by atoms with Gasteiger partial charge in [0.1, 0.15) is 38.1 Å². The highest BCUT2D eigenvalue weighted by molar-refractivity contribution is 8.03. The minimum Gasteiger partial charge on any atom is -0.456 e. The van der Waals surface area contributed by atoms with E-state index in [0.717, 1.165) is 16.7 Å². The number of non-ortho nitro benzene ring substituents is 3. The van der Waals surface area contributed by atoms with Gasteiger partial charge < -0.3 is 40.6 Å². The number of hydrogen-bond donors (Lipinski definition) is 3. The molecular formula is C45H48N10O16S. The normalized spacial score (nSPS) is 21.5. The van der Waals surface area contributed by atoms with Gasteiger partial charge in [-0.15, -0.1) is 11.8 Å². The molecule has 4 aliphatic rings. The van der Waals surface area contributed by atoms with Gasteiger partial charge in [-0.3, -0.25) is 49.6 Å². The molecule has 0 aromatic heterocycles. The fourth-order valence-corrected chi connectivity index (χ4v) is 10.5. The zero-order valence-electron chi connectivity index (χ0n) is 38.5. The standard InChI is InChI=1S/C45H48N10O16S/c1-24-37-36(25(2)56)41(59)52(37)38(42(60)69-21-26-3-9-29(10-4-26)53(63)64)39(24)72-33-17-34(50(20-33)44(61)70-22-27-5-11-30(12-6-27)54(65)66)40(58)49-16-15-32(19-49)51(35(57)18-48-43(46)47)45(62)71-23-28-7-13-31(14-8-28)55(67)68/h3-14,24-25,32-34,36-37,56H,15-23H2,1-2H3,(H4,46,47,48)/t24-,25-,32+,33+,34+,36-,37-/m1/s1. The number of imide groups is 1. The first-order valence-corrected chi connectivity index (χ1v) is 23.2. The Labute approximate surface area is 412 Å². The summed E-state index contributed by atoms with van der Waals surface area (Å²) in [7, 11) is 0. The smallest absolute Gasteiger partial charge is 0.417 e. The highest BCUT2D eigenvalue weighted by atomic mass is 32.2. The van der Waals surface area contributed by atoms with E-state index in [4.69, 9.17) is 25.7 Å². The molecule has 27 heteroatoms. The summed E-state index contributed by atoms with van der Waals surface area (Å²) in [5, 5.41) is 43.5. The third-order valence-corrected chi connectivity index (χ3v) is 14.1. The molecule has 5 N–H and O–H groups in total. The Kier molecular flexibility index (Phi) is 15.7. The molecule has 26 nitrogen and oxygen atoms in total. The molecule has 72 heavy (non-hydrogen) atoms. The number of benzene rings is 3. The lowest BCUT2D eigenvalue weighted by atomic mass is 9.79. The number of aliphatic imine (C=N–C) groups is 1. The molecule has 0 spiro atoms. The van der Waals surface area contributed by atoms with E-state index in [-0.39, 0.29) is 75.1 Å². The predicted octanol–water partition coefficient (Wildman–Crippen LogP) is 3.08. The van der Waals surface area contributed by atoms with Crippen molar-refractivity contribution >= 4 is 70.7 Å².